The third kappa shape index (κ3) is 3.86. The van der Waals surface area contributed by atoms with Gasteiger partial charge in [-0.1, -0.05) is 60.6 Å². The zero-order valence-electron chi connectivity index (χ0n) is 15.3. The fourth-order valence-electron chi connectivity index (χ4n) is 3.14. The molecule has 144 valence electrons. The van der Waals surface area contributed by atoms with Crippen LogP contribution in [0.2, 0.25) is 5.02 Å². The molecule has 1 amide bonds. The van der Waals surface area contributed by atoms with Crippen molar-refractivity contribution in [3.8, 4) is 0 Å². The van der Waals surface area contributed by atoms with E-state index in [1.54, 1.807) is 24.3 Å². The maximum Gasteiger partial charge on any atom is 0.240 e. The first-order chi connectivity index (χ1) is 13.7. The lowest BCUT2D eigenvalue weighted by molar-refractivity contribution is -0.116. The second kappa shape index (κ2) is 8.24. The molecule has 0 bridgehead atoms. The van der Waals surface area contributed by atoms with E-state index in [1.165, 1.54) is 11.8 Å². The fraction of sp³-hybridized carbons (Fsp3) is 0.250. The van der Waals surface area contributed by atoms with Crippen molar-refractivity contribution in [3.05, 3.63) is 71.0 Å². The van der Waals surface area contributed by atoms with Crippen molar-refractivity contribution < 1.29 is 4.79 Å². The molecule has 0 radical (unpaired) electrons. The van der Waals surface area contributed by atoms with Gasteiger partial charge in [-0.2, -0.15) is 0 Å². The summed E-state index contributed by atoms with van der Waals surface area (Å²) in [5, 5.41) is 12.5. The van der Waals surface area contributed by atoms with Crippen molar-refractivity contribution in [1.82, 2.24) is 14.9 Å². The number of nitrogens with zero attached hydrogens (tertiary/aromatic N) is 3. The Morgan fingerprint density at radius 3 is 2.64 bits per heavy atom. The lowest BCUT2D eigenvalue weighted by Gasteiger charge is -2.33. The van der Waals surface area contributed by atoms with Gasteiger partial charge in [0.1, 0.15) is 5.25 Å². The molecule has 6 nitrogen and oxygen atoms in total. The molecule has 4 rings (SSSR count). The van der Waals surface area contributed by atoms with Gasteiger partial charge in [-0.15, -0.1) is 10.2 Å². The minimum absolute atomic E-state index is 0.0973. The summed E-state index contributed by atoms with van der Waals surface area (Å²) in [6, 6.07) is 16.9. The molecule has 2 aromatic carbocycles. The van der Waals surface area contributed by atoms with Crippen LogP contribution in [-0.2, 0) is 11.2 Å². The zero-order valence-corrected chi connectivity index (χ0v) is 16.9. The average molecular weight is 414 g/mol. The predicted octanol–water partition coefficient (Wildman–Crippen LogP) is 4.28. The van der Waals surface area contributed by atoms with Gasteiger partial charge < -0.3 is 10.7 Å². The average Bonchev–Trinajstić information content (AvgIpc) is 3.12. The standard InChI is InChI=1S/C20H20ClN5OS/c1-2-6-16-23-24-20-26(16)25-17(13-7-4-3-5-8-13)18(28-20)19(27)22-15-11-9-14(21)10-12-15/h3-5,7-12,17-18,25H,2,6H2,1H3,(H,22,27). The van der Waals surface area contributed by atoms with Gasteiger partial charge in [0.15, 0.2) is 5.82 Å². The van der Waals surface area contributed by atoms with Gasteiger partial charge in [0.05, 0.1) is 6.04 Å². The van der Waals surface area contributed by atoms with Crippen LogP contribution in [0.5, 0.6) is 0 Å². The van der Waals surface area contributed by atoms with E-state index < -0.39 is 5.25 Å². The number of fused-ring (bicyclic) bond motifs is 1. The van der Waals surface area contributed by atoms with E-state index in [9.17, 15) is 4.79 Å². The molecule has 1 aliphatic rings. The lowest BCUT2D eigenvalue weighted by atomic mass is 10.0. The highest BCUT2D eigenvalue weighted by molar-refractivity contribution is 8.00. The molecule has 1 aromatic heterocycles. The Hall–Kier alpha value is -2.51. The van der Waals surface area contributed by atoms with E-state index in [0.717, 1.165) is 24.2 Å². The van der Waals surface area contributed by atoms with Gasteiger partial charge >= 0.3 is 0 Å². The SMILES string of the molecule is CCCc1nnc2n1NC(c1ccccc1)C(C(=O)Nc1ccc(Cl)cc1)S2. The summed E-state index contributed by atoms with van der Waals surface area (Å²) in [7, 11) is 0. The Labute approximate surface area is 172 Å². The highest BCUT2D eigenvalue weighted by Crippen LogP contribution is 2.37. The summed E-state index contributed by atoms with van der Waals surface area (Å²) in [4.78, 5) is 13.1. The van der Waals surface area contributed by atoms with Crippen molar-refractivity contribution >= 4 is 35.0 Å². The number of halogens is 1. The minimum Gasteiger partial charge on any atom is -0.325 e. The molecule has 0 fully saturated rings. The number of carbonyl (C=O) groups is 1. The quantitative estimate of drug-likeness (QED) is 0.653. The molecule has 2 atom stereocenters. The largest absolute Gasteiger partial charge is 0.325 e. The molecule has 2 unspecified atom stereocenters. The topological polar surface area (TPSA) is 71.8 Å². The summed E-state index contributed by atoms with van der Waals surface area (Å²) < 4.78 is 1.91. The maximum absolute atomic E-state index is 13.1. The Morgan fingerprint density at radius 1 is 1.18 bits per heavy atom. The molecule has 3 aromatic rings. The molecule has 28 heavy (non-hydrogen) atoms. The van der Waals surface area contributed by atoms with Gasteiger partial charge in [0.2, 0.25) is 11.1 Å². The molecule has 8 heteroatoms. The molecule has 2 N–H and O–H groups in total. The normalized spacial score (nSPS) is 18.2. The molecule has 0 aliphatic carbocycles. The van der Waals surface area contributed by atoms with E-state index in [2.05, 4.69) is 27.9 Å². The summed E-state index contributed by atoms with van der Waals surface area (Å²) in [6.07, 6.45) is 1.80. The van der Waals surface area contributed by atoms with Crippen molar-refractivity contribution in [1.29, 1.82) is 0 Å². The number of benzene rings is 2. The van der Waals surface area contributed by atoms with Crippen molar-refractivity contribution in [2.45, 2.75) is 36.2 Å². The van der Waals surface area contributed by atoms with E-state index in [1.807, 2.05) is 35.0 Å². The predicted molar refractivity (Wildman–Crippen MR) is 112 cm³/mol. The van der Waals surface area contributed by atoms with E-state index >= 15 is 0 Å². The highest BCUT2D eigenvalue weighted by atomic mass is 35.5. The first-order valence-electron chi connectivity index (χ1n) is 9.14. The van der Waals surface area contributed by atoms with E-state index in [-0.39, 0.29) is 11.9 Å². The number of rotatable bonds is 5. The van der Waals surface area contributed by atoms with Crippen LogP contribution in [-0.4, -0.2) is 26.0 Å². The number of anilines is 1. The van der Waals surface area contributed by atoms with Crippen molar-refractivity contribution in [3.63, 3.8) is 0 Å². The molecule has 2 heterocycles. The monoisotopic (exact) mass is 413 g/mol. The number of hydrogen-bond acceptors (Lipinski definition) is 5. The second-order valence-electron chi connectivity index (χ2n) is 6.54. The van der Waals surface area contributed by atoms with E-state index in [4.69, 9.17) is 11.6 Å². The Kier molecular flexibility index (Phi) is 5.54. The number of nitrogens with one attached hydrogen (secondary N) is 2. The Morgan fingerprint density at radius 2 is 1.93 bits per heavy atom. The van der Waals surface area contributed by atoms with Crippen LogP contribution >= 0.6 is 23.4 Å². The fourth-order valence-corrected chi connectivity index (χ4v) is 4.37. The summed E-state index contributed by atoms with van der Waals surface area (Å²) in [5.74, 6) is 0.780. The summed E-state index contributed by atoms with van der Waals surface area (Å²) in [6.45, 7) is 2.11. The third-order valence-electron chi connectivity index (χ3n) is 4.51. The molecular weight excluding hydrogens is 394 g/mol. The van der Waals surface area contributed by atoms with Gasteiger partial charge in [0, 0.05) is 17.1 Å². The number of aryl methyl sites for hydroxylation is 1. The third-order valence-corrected chi connectivity index (χ3v) is 5.97. The second-order valence-corrected chi connectivity index (χ2v) is 8.08. The maximum atomic E-state index is 13.1. The highest BCUT2D eigenvalue weighted by Gasteiger charge is 2.37. The Bertz CT molecular complexity index is 960. The van der Waals surface area contributed by atoms with Gasteiger partial charge in [-0.25, -0.2) is 4.68 Å². The molecule has 0 saturated heterocycles. The van der Waals surface area contributed by atoms with Crippen LogP contribution in [0.4, 0.5) is 5.69 Å². The van der Waals surface area contributed by atoms with Crippen molar-refractivity contribution in [2.24, 2.45) is 0 Å². The van der Waals surface area contributed by atoms with Gasteiger partial charge in [-0.05, 0) is 36.2 Å². The van der Waals surface area contributed by atoms with Gasteiger partial charge in [-0.3, -0.25) is 4.79 Å². The van der Waals surface area contributed by atoms with Crippen LogP contribution < -0.4 is 10.7 Å². The minimum atomic E-state index is -0.399. The van der Waals surface area contributed by atoms with Crippen LogP contribution in [0.25, 0.3) is 0 Å². The molecule has 0 spiro atoms. The van der Waals surface area contributed by atoms with E-state index in [0.29, 0.717) is 15.9 Å². The molecule has 1 aliphatic heterocycles. The first kappa shape index (κ1) is 18.8. The Balaban J connectivity index is 1.64. The summed E-state index contributed by atoms with van der Waals surface area (Å²) in [5.41, 5.74) is 5.21. The van der Waals surface area contributed by atoms with Crippen LogP contribution in [0, 0.1) is 0 Å². The van der Waals surface area contributed by atoms with Crippen LogP contribution in [0.1, 0.15) is 30.8 Å². The number of thioether (sulfide) groups is 1. The first-order valence-corrected chi connectivity index (χ1v) is 10.4. The zero-order chi connectivity index (χ0) is 19.5. The van der Waals surface area contributed by atoms with Gasteiger partial charge in [0.25, 0.3) is 0 Å². The summed E-state index contributed by atoms with van der Waals surface area (Å²) >= 11 is 7.37. The number of aromatic nitrogens is 3. The number of amides is 1. The lowest BCUT2D eigenvalue weighted by Crippen LogP contribution is -2.41. The molecular formula is C20H20ClN5OS. The molecule has 0 saturated carbocycles. The van der Waals surface area contributed by atoms with Crippen LogP contribution in [0.3, 0.4) is 0 Å². The van der Waals surface area contributed by atoms with Crippen LogP contribution in [0.15, 0.2) is 59.8 Å². The number of hydrogen-bond donors (Lipinski definition) is 2. The smallest absolute Gasteiger partial charge is 0.240 e. The van der Waals surface area contributed by atoms with Crippen molar-refractivity contribution in [2.75, 3.05) is 10.7 Å². The number of carbonyl (C=O) groups excluding carboxylic acids is 1.